The Morgan fingerprint density at radius 2 is 1.70 bits per heavy atom. The van der Waals surface area contributed by atoms with Crippen molar-refractivity contribution in [1.82, 2.24) is 14.7 Å². The summed E-state index contributed by atoms with van der Waals surface area (Å²) in [7, 11) is 1.41. The number of carbonyl (C=O) groups is 3. The summed E-state index contributed by atoms with van der Waals surface area (Å²) in [5.41, 5.74) is 0.514. The molecular weight excluding hydrogens is 570 g/mol. The van der Waals surface area contributed by atoms with E-state index in [2.05, 4.69) is 10.4 Å². The molecule has 2 atom stereocenters. The van der Waals surface area contributed by atoms with Crippen molar-refractivity contribution in [2.45, 2.75) is 24.9 Å². The van der Waals surface area contributed by atoms with Gasteiger partial charge in [-0.15, -0.1) is 0 Å². The lowest BCUT2D eigenvalue weighted by Gasteiger charge is -2.37. The molecule has 1 saturated heterocycles. The number of alkyl halides is 2. The first-order valence-electron chi connectivity index (χ1n) is 13.7. The number of rotatable bonds is 6. The fourth-order valence-electron chi connectivity index (χ4n) is 5.79. The third-order valence-corrected chi connectivity index (χ3v) is 8.04. The van der Waals surface area contributed by atoms with Crippen molar-refractivity contribution in [2.24, 2.45) is 0 Å². The summed E-state index contributed by atoms with van der Waals surface area (Å²) in [4.78, 5) is 42.7. The standard InChI is InChI=1S/C32H26F2N6O4/c1-19(41)38-17-26-27(18-38)40-29(25(16-36-40)37-30(42)20-8-13-28(44-2)21(14-20)15-35)31(43)39(26)24-11-9-23(10-12-24)32(33,34)22-6-4-3-5-7-22/h3-14,16,26-27H,17-18H2,1-2H3,(H,37,42)/t26-,27+/m0/s1. The van der Waals surface area contributed by atoms with Gasteiger partial charge >= 0.3 is 0 Å². The van der Waals surface area contributed by atoms with Crippen LogP contribution in [-0.4, -0.2) is 58.6 Å². The van der Waals surface area contributed by atoms with E-state index < -0.39 is 29.8 Å². The van der Waals surface area contributed by atoms with E-state index >= 15 is 8.78 Å². The maximum Gasteiger partial charge on any atom is 0.298 e. The van der Waals surface area contributed by atoms with Crippen LogP contribution in [0.3, 0.4) is 0 Å². The first-order chi connectivity index (χ1) is 21.1. The Hall–Kier alpha value is -5.57. The highest BCUT2D eigenvalue weighted by atomic mass is 19.3. The molecule has 3 amide bonds. The zero-order valence-electron chi connectivity index (χ0n) is 23.7. The molecule has 0 bridgehead atoms. The van der Waals surface area contributed by atoms with E-state index in [1.165, 1.54) is 84.4 Å². The molecule has 1 fully saturated rings. The van der Waals surface area contributed by atoms with Crippen LogP contribution in [0.15, 0.2) is 79.0 Å². The Bertz CT molecular complexity index is 1820. The fraction of sp³-hybridized carbons (Fsp3) is 0.219. The number of hydrogen-bond acceptors (Lipinski definition) is 6. The monoisotopic (exact) mass is 596 g/mol. The highest BCUT2D eigenvalue weighted by molar-refractivity contribution is 6.13. The van der Waals surface area contributed by atoms with Gasteiger partial charge < -0.3 is 15.0 Å². The van der Waals surface area contributed by atoms with Gasteiger partial charge in [0.25, 0.3) is 17.7 Å². The Labute approximate surface area is 251 Å². The lowest BCUT2D eigenvalue weighted by molar-refractivity contribution is -0.127. The van der Waals surface area contributed by atoms with Gasteiger partial charge in [-0.2, -0.15) is 19.1 Å². The molecule has 2 aliphatic heterocycles. The number of methoxy groups -OCH3 is 1. The number of nitriles is 1. The molecule has 0 saturated carbocycles. The highest BCUT2D eigenvalue weighted by Gasteiger charge is 2.48. The first-order valence-corrected chi connectivity index (χ1v) is 13.7. The lowest BCUT2D eigenvalue weighted by Crippen LogP contribution is -2.51. The third kappa shape index (κ3) is 4.72. The van der Waals surface area contributed by atoms with Crippen LogP contribution in [0.4, 0.5) is 20.2 Å². The number of amides is 3. The summed E-state index contributed by atoms with van der Waals surface area (Å²) in [6.45, 7) is 1.92. The maximum atomic E-state index is 15.3. The van der Waals surface area contributed by atoms with Gasteiger partial charge in [0.2, 0.25) is 5.91 Å². The van der Waals surface area contributed by atoms with E-state index in [9.17, 15) is 19.6 Å². The van der Waals surface area contributed by atoms with E-state index in [1.54, 1.807) is 23.1 Å². The number of ether oxygens (including phenoxy) is 1. The van der Waals surface area contributed by atoms with Crippen LogP contribution in [0, 0.1) is 11.3 Å². The minimum atomic E-state index is -3.25. The molecule has 0 spiro atoms. The van der Waals surface area contributed by atoms with Gasteiger partial charge in [-0.3, -0.25) is 24.0 Å². The van der Waals surface area contributed by atoms with Gasteiger partial charge in [-0.25, -0.2) is 0 Å². The largest absolute Gasteiger partial charge is 0.495 e. The second-order valence-corrected chi connectivity index (χ2v) is 10.6. The van der Waals surface area contributed by atoms with Crippen molar-refractivity contribution < 1.29 is 27.9 Å². The molecule has 6 rings (SSSR count). The molecule has 0 unspecified atom stereocenters. The quantitative estimate of drug-likeness (QED) is 0.348. The third-order valence-electron chi connectivity index (χ3n) is 8.04. The lowest BCUT2D eigenvalue weighted by atomic mass is 9.99. The summed E-state index contributed by atoms with van der Waals surface area (Å²) in [6.07, 6.45) is 1.36. The van der Waals surface area contributed by atoms with Crippen LogP contribution in [-0.2, 0) is 10.7 Å². The van der Waals surface area contributed by atoms with Gasteiger partial charge in [0.1, 0.15) is 11.8 Å². The summed E-state index contributed by atoms with van der Waals surface area (Å²) in [5.74, 6) is -4.21. The number of hydrogen-bond donors (Lipinski definition) is 1. The zero-order chi connectivity index (χ0) is 31.2. The number of anilines is 2. The Balaban J connectivity index is 1.35. The summed E-state index contributed by atoms with van der Waals surface area (Å²) >= 11 is 0. The molecule has 222 valence electrons. The van der Waals surface area contributed by atoms with E-state index in [0.29, 0.717) is 11.4 Å². The molecule has 10 nitrogen and oxygen atoms in total. The molecule has 3 aromatic carbocycles. The number of carbonyl (C=O) groups excluding carboxylic acids is 3. The van der Waals surface area contributed by atoms with Gasteiger partial charge in [-0.05, 0) is 30.3 Å². The number of halogens is 2. The number of fused-ring (bicyclic) bond motifs is 3. The Morgan fingerprint density at radius 3 is 2.36 bits per heavy atom. The molecular formula is C32H26F2N6O4. The molecule has 1 aromatic heterocycles. The van der Waals surface area contributed by atoms with Crippen LogP contribution < -0.4 is 15.0 Å². The van der Waals surface area contributed by atoms with Crippen LogP contribution in [0.5, 0.6) is 5.75 Å². The van der Waals surface area contributed by atoms with Crippen molar-refractivity contribution in [1.29, 1.82) is 5.26 Å². The minimum absolute atomic E-state index is 0.0812. The minimum Gasteiger partial charge on any atom is -0.495 e. The molecule has 12 heteroatoms. The van der Waals surface area contributed by atoms with E-state index in [-0.39, 0.29) is 52.6 Å². The van der Waals surface area contributed by atoms with Crippen LogP contribution in [0.2, 0.25) is 0 Å². The molecule has 44 heavy (non-hydrogen) atoms. The summed E-state index contributed by atoms with van der Waals surface area (Å²) in [5, 5.41) is 16.5. The van der Waals surface area contributed by atoms with Crippen molar-refractivity contribution in [3.05, 3.63) is 107 Å². The molecule has 1 N–H and O–H groups in total. The smallest absolute Gasteiger partial charge is 0.298 e. The number of nitrogens with one attached hydrogen (secondary N) is 1. The summed E-state index contributed by atoms with van der Waals surface area (Å²) < 4.78 is 37.2. The molecule has 0 radical (unpaired) electrons. The second-order valence-electron chi connectivity index (χ2n) is 10.6. The Kier molecular flexibility index (Phi) is 7.09. The molecule has 0 aliphatic carbocycles. The van der Waals surface area contributed by atoms with Gasteiger partial charge in [0.15, 0.2) is 5.69 Å². The van der Waals surface area contributed by atoms with E-state index in [0.717, 1.165) is 0 Å². The fourth-order valence-corrected chi connectivity index (χ4v) is 5.79. The van der Waals surface area contributed by atoms with Crippen molar-refractivity contribution in [2.75, 3.05) is 30.4 Å². The first kappa shape index (κ1) is 28.5. The predicted molar refractivity (Wildman–Crippen MR) is 156 cm³/mol. The Morgan fingerprint density at radius 1 is 1.02 bits per heavy atom. The average Bonchev–Trinajstić information content (AvgIpc) is 3.67. The van der Waals surface area contributed by atoms with Crippen molar-refractivity contribution in [3.63, 3.8) is 0 Å². The van der Waals surface area contributed by atoms with Gasteiger partial charge in [-0.1, -0.05) is 42.5 Å². The molecule has 2 aliphatic rings. The SMILES string of the molecule is COc1ccc(C(=O)Nc2cnn3c2C(=O)N(c2ccc(C(F)(F)c4ccccc4)cc2)[C@H]2CN(C(C)=O)C[C@H]23)cc1C#N. The number of aromatic nitrogens is 2. The number of likely N-dealkylation sites (tertiary alicyclic amines) is 1. The maximum absolute atomic E-state index is 15.3. The second kappa shape index (κ2) is 10.9. The zero-order valence-corrected chi connectivity index (χ0v) is 23.7. The van der Waals surface area contributed by atoms with E-state index in [1.807, 2.05) is 6.07 Å². The normalized spacial score (nSPS) is 17.5. The van der Waals surface area contributed by atoms with Crippen LogP contribution in [0.25, 0.3) is 0 Å². The van der Waals surface area contributed by atoms with Gasteiger partial charge in [0, 0.05) is 42.4 Å². The van der Waals surface area contributed by atoms with Gasteiger partial charge in [0.05, 0.1) is 36.6 Å². The average molecular weight is 597 g/mol. The molecule has 3 heterocycles. The predicted octanol–water partition coefficient (Wildman–Crippen LogP) is 4.59. The summed E-state index contributed by atoms with van der Waals surface area (Å²) in [6, 6.07) is 18.3. The van der Waals surface area contributed by atoms with Crippen LogP contribution >= 0.6 is 0 Å². The number of benzene rings is 3. The van der Waals surface area contributed by atoms with Crippen LogP contribution in [0.1, 0.15) is 50.5 Å². The molecule has 4 aromatic rings. The van der Waals surface area contributed by atoms with Crippen molar-refractivity contribution >= 4 is 29.1 Å². The van der Waals surface area contributed by atoms with E-state index in [4.69, 9.17) is 4.74 Å². The highest BCUT2D eigenvalue weighted by Crippen LogP contribution is 2.40. The van der Waals surface area contributed by atoms with Crippen molar-refractivity contribution in [3.8, 4) is 11.8 Å². The topological polar surface area (TPSA) is 121 Å². The number of nitrogens with zero attached hydrogens (tertiary/aromatic N) is 5.